The number of ether oxygens (including phenoxy) is 1. The van der Waals surface area contributed by atoms with E-state index in [1.54, 1.807) is 38.1 Å². The maximum atomic E-state index is 15.0. The predicted octanol–water partition coefficient (Wildman–Crippen LogP) is 5.61. The number of aryl methyl sites for hydroxylation is 1. The number of nitrogens with zero attached hydrogens (tertiary/aromatic N) is 2. The lowest BCUT2D eigenvalue weighted by Gasteiger charge is -2.18. The van der Waals surface area contributed by atoms with Gasteiger partial charge in [0.1, 0.15) is 11.6 Å². The molecule has 1 aromatic heterocycles. The van der Waals surface area contributed by atoms with Crippen LogP contribution in [0.2, 0.25) is 0 Å². The van der Waals surface area contributed by atoms with Crippen molar-refractivity contribution in [1.82, 2.24) is 9.55 Å². The normalized spacial score (nSPS) is 12.2. The molecule has 200 valence electrons. The molecule has 4 rings (SSSR count). The second-order valence-corrected chi connectivity index (χ2v) is 10.9. The van der Waals surface area contributed by atoms with Crippen LogP contribution < -0.4 is 4.74 Å². The molecule has 1 heterocycles. The number of hydrogen-bond acceptors (Lipinski definition) is 5. The summed E-state index contributed by atoms with van der Waals surface area (Å²) in [5.41, 5.74) is 1.76. The van der Waals surface area contributed by atoms with Crippen molar-refractivity contribution in [3.05, 3.63) is 89.2 Å². The van der Waals surface area contributed by atoms with Crippen LogP contribution >= 0.6 is 0 Å². The second-order valence-electron chi connectivity index (χ2n) is 8.64. The number of alkyl halides is 2. The molecule has 4 aromatic rings. The van der Waals surface area contributed by atoms with Gasteiger partial charge >= 0.3 is 6.11 Å². The number of ketones is 1. The highest BCUT2D eigenvalue weighted by atomic mass is 32.2. The van der Waals surface area contributed by atoms with Crippen LogP contribution in [0.1, 0.15) is 30.8 Å². The quantitative estimate of drug-likeness (QED) is 0.241. The Morgan fingerprint density at radius 3 is 2.24 bits per heavy atom. The van der Waals surface area contributed by atoms with Crippen LogP contribution in [-0.4, -0.2) is 29.5 Å². The number of aromatic nitrogens is 2. The van der Waals surface area contributed by atoms with Gasteiger partial charge in [-0.05, 0) is 54.4 Å². The fraction of sp³-hybridized carbons (Fsp3) is 0.259. The number of Topliss-reactive ketones (excluding diaryl/α,β-unsaturated/α-hetero) is 1. The number of fused-ring (bicyclic) bond motifs is 1. The molecular weight excluding hydrogens is 524 g/mol. The average Bonchev–Trinajstić information content (AvgIpc) is 3.25. The zero-order chi connectivity index (χ0) is 27.7. The van der Waals surface area contributed by atoms with Gasteiger partial charge in [-0.3, -0.25) is 4.79 Å². The number of rotatable bonds is 10. The van der Waals surface area contributed by atoms with Crippen LogP contribution in [0.25, 0.3) is 11.0 Å². The van der Waals surface area contributed by atoms with Gasteiger partial charge in [0.2, 0.25) is 5.82 Å². The number of imidazole rings is 1. The first kappa shape index (κ1) is 27.3. The van der Waals surface area contributed by atoms with E-state index in [0.29, 0.717) is 22.7 Å². The highest BCUT2D eigenvalue weighted by Gasteiger charge is 2.41. The summed E-state index contributed by atoms with van der Waals surface area (Å²) in [7, 11) is -3.34. The fourth-order valence-corrected chi connectivity index (χ4v) is 4.95. The van der Waals surface area contributed by atoms with Crippen LogP contribution in [0.15, 0.2) is 65.6 Å². The van der Waals surface area contributed by atoms with Crippen LogP contribution in [-0.2, 0) is 40.1 Å². The highest BCUT2D eigenvalue weighted by molar-refractivity contribution is 7.91. The van der Waals surface area contributed by atoms with Gasteiger partial charge in [0.25, 0.3) is 0 Å². The van der Waals surface area contributed by atoms with Crippen molar-refractivity contribution in [1.29, 1.82) is 0 Å². The molecule has 0 amide bonds. The molecule has 0 N–H and O–H groups in total. The molecule has 0 fully saturated rings. The van der Waals surface area contributed by atoms with E-state index in [9.17, 15) is 22.0 Å². The molecule has 0 aliphatic carbocycles. The van der Waals surface area contributed by atoms with Crippen LogP contribution in [0, 0.1) is 11.6 Å². The van der Waals surface area contributed by atoms with Crippen LogP contribution in [0.4, 0.5) is 17.6 Å². The number of sulfone groups is 1. The van der Waals surface area contributed by atoms with Crippen molar-refractivity contribution in [3.8, 4) is 5.75 Å². The molecule has 0 aliphatic rings. The Kier molecular flexibility index (Phi) is 7.59. The lowest BCUT2D eigenvalue weighted by molar-refractivity contribution is -0.195. The first-order valence-corrected chi connectivity index (χ1v) is 13.4. The minimum atomic E-state index is -4.03. The van der Waals surface area contributed by atoms with Crippen LogP contribution in [0.3, 0.4) is 0 Å². The fourth-order valence-electron chi connectivity index (χ4n) is 4.07. The average molecular weight is 549 g/mol. The van der Waals surface area contributed by atoms with E-state index in [1.165, 1.54) is 22.8 Å². The zero-order valence-electron chi connectivity index (χ0n) is 20.5. The molecule has 38 heavy (non-hydrogen) atoms. The zero-order valence-corrected chi connectivity index (χ0v) is 21.4. The van der Waals surface area contributed by atoms with Gasteiger partial charge in [-0.25, -0.2) is 22.2 Å². The minimum Gasteiger partial charge on any atom is -0.423 e. The van der Waals surface area contributed by atoms with Gasteiger partial charge in [0.05, 0.1) is 21.7 Å². The summed E-state index contributed by atoms with van der Waals surface area (Å²) in [6.07, 6.45) is -3.96. The van der Waals surface area contributed by atoms with Gasteiger partial charge in [-0.15, -0.1) is 0 Å². The molecule has 0 unspecified atom stereocenters. The number of carbonyl (C=O) groups excluding carboxylic acids is 1. The predicted molar refractivity (Wildman–Crippen MR) is 133 cm³/mol. The standard InChI is InChI=1S/C27H24F4N2O4S/c1-3-33-24-11-7-18(14-20(34)13-17-5-9-21(10-6-17)38(35,36)4-2)15-23(24)32-26(33)27(30,31)37-25-12-8-19(28)16-22(25)29/h5-12,15-16H,3-4,13-14H2,1-2H3. The maximum absolute atomic E-state index is 15.0. The summed E-state index contributed by atoms with van der Waals surface area (Å²) in [5.74, 6) is -3.97. The second kappa shape index (κ2) is 10.6. The van der Waals surface area contributed by atoms with Gasteiger partial charge in [-0.2, -0.15) is 8.78 Å². The molecule has 0 atom stereocenters. The highest BCUT2D eigenvalue weighted by Crippen LogP contribution is 2.34. The van der Waals surface area contributed by atoms with E-state index in [2.05, 4.69) is 9.72 Å². The summed E-state index contributed by atoms with van der Waals surface area (Å²) in [5, 5.41) is 0. The largest absolute Gasteiger partial charge is 0.461 e. The van der Waals surface area contributed by atoms with E-state index in [0.717, 1.165) is 12.1 Å². The number of halogens is 4. The van der Waals surface area contributed by atoms with Gasteiger partial charge in [0.15, 0.2) is 21.4 Å². The third kappa shape index (κ3) is 5.72. The summed E-state index contributed by atoms with van der Waals surface area (Å²) in [6, 6.07) is 12.9. The van der Waals surface area contributed by atoms with Crippen molar-refractivity contribution in [2.75, 3.05) is 5.75 Å². The molecule has 0 saturated heterocycles. The Bertz CT molecular complexity index is 1600. The van der Waals surface area contributed by atoms with E-state index >= 15 is 8.78 Å². The van der Waals surface area contributed by atoms with E-state index < -0.39 is 39.2 Å². The maximum Gasteiger partial charge on any atom is 0.461 e. The smallest absolute Gasteiger partial charge is 0.423 e. The molecule has 0 aliphatic heterocycles. The Morgan fingerprint density at radius 2 is 1.61 bits per heavy atom. The molecule has 6 nitrogen and oxygen atoms in total. The molecule has 0 spiro atoms. The van der Waals surface area contributed by atoms with Crippen molar-refractivity contribution in [2.24, 2.45) is 0 Å². The Hall–Kier alpha value is -3.73. The van der Waals surface area contributed by atoms with Crippen molar-refractivity contribution in [3.63, 3.8) is 0 Å². The van der Waals surface area contributed by atoms with Gasteiger partial charge < -0.3 is 9.30 Å². The van der Waals surface area contributed by atoms with E-state index in [-0.39, 0.29) is 41.3 Å². The molecule has 11 heteroatoms. The van der Waals surface area contributed by atoms with Crippen molar-refractivity contribution < 1.29 is 35.5 Å². The van der Waals surface area contributed by atoms with Crippen molar-refractivity contribution in [2.45, 2.75) is 44.2 Å². The Morgan fingerprint density at radius 1 is 0.947 bits per heavy atom. The minimum absolute atomic E-state index is 0.00690. The Labute approximate surface area is 216 Å². The number of carbonyl (C=O) groups is 1. The van der Waals surface area contributed by atoms with E-state index in [4.69, 9.17) is 0 Å². The summed E-state index contributed by atoms with van der Waals surface area (Å²) < 4.78 is 86.8. The molecular formula is C27H24F4N2O4S. The third-order valence-electron chi connectivity index (χ3n) is 5.99. The third-order valence-corrected chi connectivity index (χ3v) is 7.74. The topological polar surface area (TPSA) is 78.3 Å². The van der Waals surface area contributed by atoms with Gasteiger partial charge in [0, 0.05) is 25.5 Å². The number of benzene rings is 3. The Balaban J connectivity index is 1.54. The number of hydrogen-bond donors (Lipinski definition) is 0. The lowest BCUT2D eigenvalue weighted by atomic mass is 10.0. The lowest BCUT2D eigenvalue weighted by Crippen LogP contribution is -2.27. The molecule has 0 bridgehead atoms. The van der Waals surface area contributed by atoms with Crippen LogP contribution in [0.5, 0.6) is 5.75 Å². The monoisotopic (exact) mass is 548 g/mol. The van der Waals surface area contributed by atoms with Crippen molar-refractivity contribution >= 4 is 26.7 Å². The molecule has 0 saturated carbocycles. The molecule has 3 aromatic carbocycles. The first-order valence-electron chi connectivity index (χ1n) is 11.8. The summed E-state index contributed by atoms with van der Waals surface area (Å²) in [4.78, 5) is 16.9. The molecule has 0 radical (unpaired) electrons. The van der Waals surface area contributed by atoms with E-state index in [1.807, 2.05) is 0 Å². The first-order chi connectivity index (χ1) is 17.9. The van der Waals surface area contributed by atoms with Gasteiger partial charge in [-0.1, -0.05) is 25.1 Å². The SMILES string of the molecule is CCn1c(C(F)(F)Oc2ccc(F)cc2F)nc2cc(CC(=O)Cc3ccc(S(=O)(=O)CC)cc3)ccc21. The summed E-state index contributed by atoms with van der Waals surface area (Å²) >= 11 is 0. The summed E-state index contributed by atoms with van der Waals surface area (Å²) in [6.45, 7) is 3.29.